The first-order valence-corrected chi connectivity index (χ1v) is 11.0. The Morgan fingerprint density at radius 3 is 2.61 bits per heavy atom. The van der Waals surface area contributed by atoms with E-state index in [0.717, 1.165) is 44.0 Å². The summed E-state index contributed by atoms with van der Waals surface area (Å²) < 4.78 is 2.78. The minimum Gasteiger partial charge on any atom is -0.618 e. The molecule has 0 unspecified atom stereocenters. The van der Waals surface area contributed by atoms with Gasteiger partial charge in [-0.15, -0.1) is 10.2 Å². The summed E-state index contributed by atoms with van der Waals surface area (Å²) in [5.74, 6) is 1.23. The molecule has 0 atom stereocenters. The molecule has 0 aliphatic heterocycles. The molecule has 8 heteroatoms. The number of rotatable bonds is 3. The maximum absolute atomic E-state index is 12.6. The van der Waals surface area contributed by atoms with Crippen molar-refractivity contribution in [2.24, 2.45) is 0 Å². The zero-order valence-electron chi connectivity index (χ0n) is 18.8. The quantitative estimate of drug-likeness (QED) is 0.271. The molecule has 0 N–H and O–H groups in total. The van der Waals surface area contributed by atoms with Crippen molar-refractivity contribution in [3.05, 3.63) is 83.0 Å². The Labute approximate surface area is 196 Å². The number of pyridine rings is 1. The van der Waals surface area contributed by atoms with Crippen LogP contribution in [0.1, 0.15) is 26.5 Å². The number of benzene rings is 2. The third kappa shape index (κ3) is 3.74. The second-order valence-electron chi connectivity index (χ2n) is 9.09. The molecule has 3 aromatic heterocycles. The maximum atomic E-state index is 12.6. The molecule has 0 aliphatic rings. The lowest BCUT2D eigenvalue weighted by Gasteiger charge is -2.21. The van der Waals surface area contributed by atoms with Crippen molar-refractivity contribution < 1.29 is 4.73 Å². The molecular weight excluding hydrogens is 436 g/mol. The number of hydrogen-bond acceptors (Lipinski definition) is 5. The van der Waals surface area contributed by atoms with Crippen LogP contribution in [0.2, 0.25) is 5.02 Å². The molecule has 0 spiro atoms. The van der Waals surface area contributed by atoms with Crippen molar-refractivity contribution in [3.63, 3.8) is 0 Å². The van der Waals surface area contributed by atoms with Gasteiger partial charge in [0.1, 0.15) is 12.1 Å². The van der Waals surface area contributed by atoms with E-state index in [9.17, 15) is 5.21 Å². The molecule has 5 aromatic rings. The largest absolute Gasteiger partial charge is 0.618 e. The van der Waals surface area contributed by atoms with Crippen LogP contribution in [-0.4, -0.2) is 26.6 Å². The van der Waals surface area contributed by atoms with E-state index in [1.165, 1.54) is 0 Å². The van der Waals surface area contributed by atoms with E-state index < -0.39 is 0 Å². The third-order valence-corrected chi connectivity index (χ3v) is 6.00. The van der Waals surface area contributed by atoms with Crippen molar-refractivity contribution >= 4 is 39.8 Å². The topological polar surface area (TPSA) is 73.3 Å². The highest BCUT2D eigenvalue weighted by molar-refractivity contribution is 6.31. The molecule has 166 valence electrons. The van der Waals surface area contributed by atoms with Gasteiger partial charge in [0.15, 0.2) is 11.9 Å². The van der Waals surface area contributed by atoms with Crippen molar-refractivity contribution in [1.29, 1.82) is 0 Å². The van der Waals surface area contributed by atoms with E-state index in [0.29, 0.717) is 10.8 Å². The van der Waals surface area contributed by atoms with Crippen molar-refractivity contribution in [2.75, 3.05) is 11.9 Å². The van der Waals surface area contributed by atoms with Crippen LogP contribution in [0.4, 0.5) is 11.5 Å². The van der Waals surface area contributed by atoms with Crippen molar-refractivity contribution in [2.45, 2.75) is 26.2 Å². The fourth-order valence-corrected chi connectivity index (χ4v) is 4.19. The predicted octanol–water partition coefficient (Wildman–Crippen LogP) is 5.30. The fraction of sp³-hybridized carbons (Fsp3) is 0.200. The summed E-state index contributed by atoms with van der Waals surface area (Å²) in [5.41, 5.74) is 4.11. The predicted molar refractivity (Wildman–Crippen MR) is 131 cm³/mol. The minimum absolute atomic E-state index is 0.224. The molecular formula is C25H23ClN6O. The standard InChI is InChI=1S/C25H23ClN6O/c1-25(2,3)22-11-8-17(14-32(22)33)16-6-5-7-19(12-16)30(4)23-20-10-9-18(26)13-21(20)31-15-27-29-24(31)28-23/h5-15H,1-4H3. The number of fused-ring (bicyclic) bond motifs is 3. The lowest BCUT2D eigenvalue weighted by molar-refractivity contribution is -0.617. The second-order valence-corrected chi connectivity index (χ2v) is 9.52. The van der Waals surface area contributed by atoms with E-state index in [-0.39, 0.29) is 5.41 Å². The molecule has 33 heavy (non-hydrogen) atoms. The van der Waals surface area contributed by atoms with Gasteiger partial charge >= 0.3 is 0 Å². The highest BCUT2D eigenvalue weighted by Crippen LogP contribution is 2.33. The van der Waals surface area contributed by atoms with Crippen molar-refractivity contribution in [3.8, 4) is 11.1 Å². The summed E-state index contributed by atoms with van der Waals surface area (Å²) in [5, 5.41) is 22.3. The highest BCUT2D eigenvalue weighted by Gasteiger charge is 2.23. The van der Waals surface area contributed by atoms with Crippen LogP contribution >= 0.6 is 11.6 Å². The van der Waals surface area contributed by atoms with Gasteiger partial charge in [0.25, 0.3) is 5.78 Å². The Kier molecular flexibility index (Phi) is 4.94. The molecule has 0 saturated heterocycles. The van der Waals surface area contributed by atoms with Gasteiger partial charge in [-0.2, -0.15) is 9.71 Å². The molecule has 5 rings (SSSR count). The SMILES string of the molecule is CN(c1cccc(-c2ccc(C(C)(C)C)[n+]([O-])c2)c1)c1nc2nncn2c2cc(Cl)ccc12. The van der Waals surface area contributed by atoms with Crippen LogP contribution in [-0.2, 0) is 5.41 Å². The first kappa shape index (κ1) is 21.2. The molecule has 0 aliphatic carbocycles. The Hall–Kier alpha value is -3.71. The van der Waals surface area contributed by atoms with Gasteiger partial charge in [0, 0.05) is 40.2 Å². The molecule has 0 bridgehead atoms. The zero-order valence-corrected chi connectivity index (χ0v) is 19.6. The first-order valence-electron chi connectivity index (χ1n) is 10.6. The number of halogens is 1. The van der Waals surface area contributed by atoms with Gasteiger partial charge in [-0.05, 0) is 42.0 Å². The first-order chi connectivity index (χ1) is 15.7. The lowest BCUT2D eigenvalue weighted by atomic mass is 9.91. The molecule has 2 aromatic carbocycles. The van der Waals surface area contributed by atoms with E-state index in [1.807, 2.05) is 91.7 Å². The fourth-order valence-electron chi connectivity index (χ4n) is 4.03. The molecule has 0 fully saturated rings. The normalized spacial score (nSPS) is 11.9. The van der Waals surface area contributed by atoms with Gasteiger partial charge in [-0.1, -0.05) is 44.5 Å². The third-order valence-electron chi connectivity index (χ3n) is 5.76. The monoisotopic (exact) mass is 458 g/mol. The number of aromatic nitrogens is 5. The molecule has 0 radical (unpaired) electrons. The summed E-state index contributed by atoms with van der Waals surface area (Å²) in [7, 11) is 1.96. The average Bonchev–Trinajstić information content (AvgIpc) is 3.26. The highest BCUT2D eigenvalue weighted by atomic mass is 35.5. The second kappa shape index (κ2) is 7.71. The van der Waals surface area contributed by atoms with Gasteiger partial charge in [-0.25, -0.2) is 0 Å². The van der Waals surface area contributed by atoms with Crippen LogP contribution in [0.15, 0.2) is 67.1 Å². The molecule has 0 amide bonds. The summed E-state index contributed by atoms with van der Waals surface area (Å²) in [4.78, 5) is 6.75. The average molecular weight is 459 g/mol. The summed E-state index contributed by atoms with van der Waals surface area (Å²) in [6.45, 7) is 6.09. The van der Waals surface area contributed by atoms with Crippen LogP contribution in [0.5, 0.6) is 0 Å². The summed E-state index contributed by atoms with van der Waals surface area (Å²) in [6.07, 6.45) is 3.27. The maximum Gasteiger partial charge on any atom is 0.257 e. The van der Waals surface area contributed by atoms with Gasteiger partial charge in [-0.3, -0.25) is 4.40 Å². The van der Waals surface area contributed by atoms with Crippen LogP contribution in [0, 0.1) is 5.21 Å². The Balaban J connectivity index is 1.60. The number of anilines is 2. The van der Waals surface area contributed by atoms with Crippen molar-refractivity contribution in [1.82, 2.24) is 19.6 Å². The Morgan fingerprint density at radius 1 is 1.03 bits per heavy atom. The van der Waals surface area contributed by atoms with Gasteiger partial charge in [0.05, 0.1) is 5.52 Å². The molecule has 3 heterocycles. The van der Waals surface area contributed by atoms with Crippen LogP contribution < -0.4 is 9.63 Å². The summed E-state index contributed by atoms with van der Waals surface area (Å²) >= 11 is 6.26. The number of nitrogens with zero attached hydrogens (tertiary/aromatic N) is 6. The van der Waals surface area contributed by atoms with E-state index in [1.54, 1.807) is 12.5 Å². The van der Waals surface area contributed by atoms with E-state index in [2.05, 4.69) is 10.2 Å². The summed E-state index contributed by atoms with van der Waals surface area (Å²) in [6, 6.07) is 17.6. The van der Waals surface area contributed by atoms with E-state index in [4.69, 9.17) is 16.6 Å². The van der Waals surface area contributed by atoms with E-state index >= 15 is 0 Å². The zero-order chi connectivity index (χ0) is 23.3. The van der Waals surface area contributed by atoms with Gasteiger partial charge < -0.3 is 10.1 Å². The minimum atomic E-state index is -0.224. The van der Waals surface area contributed by atoms with Gasteiger partial charge in [0.2, 0.25) is 0 Å². The smallest absolute Gasteiger partial charge is 0.257 e. The number of hydrogen-bond donors (Lipinski definition) is 0. The lowest BCUT2D eigenvalue weighted by Crippen LogP contribution is -2.37. The Morgan fingerprint density at radius 2 is 1.85 bits per heavy atom. The molecule has 0 saturated carbocycles. The Bertz CT molecular complexity index is 1500. The molecule has 7 nitrogen and oxygen atoms in total. The van der Waals surface area contributed by atoms with Crippen LogP contribution in [0.3, 0.4) is 0 Å². The van der Waals surface area contributed by atoms with Crippen LogP contribution in [0.25, 0.3) is 27.8 Å².